The van der Waals surface area contributed by atoms with Gasteiger partial charge in [-0.1, -0.05) is 48.0 Å². The molecule has 28 heavy (non-hydrogen) atoms. The molecule has 5 heteroatoms. The monoisotopic (exact) mass is 379 g/mol. The number of hydrogen-bond acceptors (Lipinski definition) is 2. The number of benzene rings is 2. The summed E-state index contributed by atoms with van der Waals surface area (Å²) in [5.41, 5.74) is 3.09. The maximum absolute atomic E-state index is 12.4. The van der Waals surface area contributed by atoms with Gasteiger partial charge in [0.25, 0.3) is 0 Å². The third-order valence-electron chi connectivity index (χ3n) is 5.36. The van der Waals surface area contributed by atoms with Gasteiger partial charge in [0.15, 0.2) is 0 Å². The molecule has 1 heterocycles. The van der Waals surface area contributed by atoms with Crippen molar-refractivity contribution in [2.45, 2.75) is 39.2 Å². The molecule has 0 radical (unpaired) electrons. The first-order valence-electron chi connectivity index (χ1n) is 9.98. The lowest BCUT2D eigenvalue weighted by Gasteiger charge is -2.32. The van der Waals surface area contributed by atoms with Gasteiger partial charge in [-0.3, -0.25) is 4.79 Å². The molecular formula is C23H29N3O2. The molecule has 1 atom stereocenters. The van der Waals surface area contributed by atoms with Gasteiger partial charge in [0.2, 0.25) is 5.91 Å². The Kier molecular flexibility index (Phi) is 6.69. The second kappa shape index (κ2) is 9.40. The first kappa shape index (κ1) is 19.9. The molecule has 0 bridgehead atoms. The van der Waals surface area contributed by atoms with Crippen LogP contribution in [0.5, 0.6) is 0 Å². The minimum atomic E-state index is -0.0653. The number of nitrogens with zero attached hydrogens (tertiary/aromatic N) is 1. The van der Waals surface area contributed by atoms with Gasteiger partial charge in [0.05, 0.1) is 6.04 Å². The van der Waals surface area contributed by atoms with Gasteiger partial charge in [-0.25, -0.2) is 4.79 Å². The molecule has 3 amide bonds. The topological polar surface area (TPSA) is 61.4 Å². The lowest BCUT2D eigenvalue weighted by Crippen LogP contribution is -2.42. The molecule has 1 aliphatic rings. The Labute approximate surface area is 167 Å². The molecule has 0 aromatic heterocycles. The number of carbonyl (C=O) groups is 2. The van der Waals surface area contributed by atoms with E-state index in [4.69, 9.17) is 0 Å². The molecule has 148 valence electrons. The predicted octanol–water partition coefficient (Wildman–Crippen LogP) is 4.51. The Balaban J connectivity index is 1.41. The minimum Gasteiger partial charge on any atom is -0.350 e. The van der Waals surface area contributed by atoms with E-state index in [-0.39, 0.29) is 18.0 Å². The second-order valence-electron chi connectivity index (χ2n) is 7.63. The molecule has 0 spiro atoms. The van der Waals surface area contributed by atoms with Crippen molar-refractivity contribution in [3.05, 3.63) is 65.7 Å². The fraction of sp³-hybridized carbons (Fsp3) is 0.391. The van der Waals surface area contributed by atoms with Crippen LogP contribution in [0.15, 0.2) is 54.6 Å². The summed E-state index contributed by atoms with van der Waals surface area (Å²) in [5.74, 6) is 0.408. The van der Waals surface area contributed by atoms with Crippen LogP contribution in [-0.4, -0.2) is 29.9 Å². The van der Waals surface area contributed by atoms with Gasteiger partial charge < -0.3 is 15.5 Å². The summed E-state index contributed by atoms with van der Waals surface area (Å²) in [7, 11) is 0. The largest absolute Gasteiger partial charge is 0.350 e. The van der Waals surface area contributed by atoms with Gasteiger partial charge in [-0.05, 0) is 50.3 Å². The van der Waals surface area contributed by atoms with Crippen LogP contribution in [0.3, 0.4) is 0 Å². The molecule has 3 rings (SSSR count). The van der Waals surface area contributed by atoms with E-state index in [1.807, 2.05) is 73.3 Å². The zero-order valence-electron chi connectivity index (χ0n) is 16.7. The zero-order chi connectivity index (χ0) is 19.9. The third kappa shape index (κ3) is 5.59. The molecule has 1 saturated heterocycles. The number of urea groups is 1. The normalized spacial score (nSPS) is 15.7. The van der Waals surface area contributed by atoms with Crippen molar-refractivity contribution in [2.24, 2.45) is 5.92 Å². The van der Waals surface area contributed by atoms with Gasteiger partial charge in [0.1, 0.15) is 0 Å². The smallest absolute Gasteiger partial charge is 0.321 e. The Morgan fingerprint density at radius 1 is 1.04 bits per heavy atom. The van der Waals surface area contributed by atoms with Gasteiger partial charge in [-0.15, -0.1) is 0 Å². The SMILES string of the molecule is Cc1ccc(NC(=O)N2CCC(CC(=O)N[C@H](C)c3ccccc3)CC2)cc1. The fourth-order valence-corrected chi connectivity index (χ4v) is 3.57. The van der Waals surface area contributed by atoms with Gasteiger partial charge >= 0.3 is 6.03 Å². The maximum Gasteiger partial charge on any atom is 0.321 e. The van der Waals surface area contributed by atoms with Crippen molar-refractivity contribution in [1.29, 1.82) is 0 Å². The second-order valence-corrected chi connectivity index (χ2v) is 7.63. The summed E-state index contributed by atoms with van der Waals surface area (Å²) in [6.07, 6.45) is 2.23. The van der Waals surface area contributed by atoms with E-state index in [1.54, 1.807) is 0 Å². The van der Waals surface area contributed by atoms with Gasteiger partial charge in [0, 0.05) is 25.2 Å². The van der Waals surface area contributed by atoms with E-state index in [9.17, 15) is 9.59 Å². The van der Waals surface area contributed by atoms with Crippen molar-refractivity contribution < 1.29 is 9.59 Å². The Hall–Kier alpha value is -2.82. The van der Waals surface area contributed by atoms with Crippen LogP contribution in [0.4, 0.5) is 10.5 Å². The van der Waals surface area contributed by atoms with Crippen LogP contribution in [0.2, 0.25) is 0 Å². The Morgan fingerprint density at radius 3 is 2.32 bits per heavy atom. The summed E-state index contributed by atoms with van der Waals surface area (Å²) in [4.78, 5) is 26.6. The quantitative estimate of drug-likeness (QED) is 0.803. The lowest BCUT2D eigenvalue weighted by molar-refractivity contribution is -0.122. The lowest BCUT2D eigenvalue weighted by atomic mass is 9.93. The van der Waals surface area contributed by atoms with Crippen LogP contribution in [0, 0.1) is 12.8 Å². The van der Waals surface area contributed by atoms with Crippen LogP contribution in [0.25, 0.3) is 0 Å². The number of likely N-dealkylation sites (tertiary alicyclic amines) is 1. The third-order valence-corrected chi connectivity index (χ3v) is 5.36. The zero-order valence-corrected chi connectivity index (χ0v) is 16.7. The van der Waals surface area contributed by atoms with E-state index in [1.165, 1.54) is 5.56 Å². The Morgan fingerprint density at radius 2 is 1.68 bits per heavy atom. The van der Waals surface area contributed by atoms with Gasteiger partial charge in [-0.2, -0.15) is 0 Å². The number of aryl methyl sites for hydroxylation is 1. The molecule has 5 nitrogen and oxygen atoms in total. The first-order valence-corrected chi connectivity index (χ1v) is 9.98. The highest BCUT2D eigenvalue weighted by Gasteiger charge is 2.25. The highest BCUT2D eigenvalue weighted by Crippen LogP contribution is 2.22. The molecule has 0 unspecified atom stereocenters. The van der Waals surface area contributed by atoms with Crippen LogP contribution >= 0.6 is 0 Å². The van der Waals surface area contributed by atoms with Crippen molar-refractivity contribution in [1.82, 2.24) is 10.2 Å². The van der Waals surface area contributed by atoms with E-state index in [0.717, 1.165) is 24.1 Å². The van der Waals surface area contributed by atoms with Crippen molar-refractivity contribution in [3.63, 3.8) is 0 Å². The first-order chi connectivity index (χ1) is 13.5. The standard InChI is InChI=1S/C23H29N3O2/c1-17-8-10-21(11-9-17)25-23(28)26-14-12-19(13-15-26)16-22(27)24-18(2)20-6-4-3-5-7-20/h3-11,18-19H,12-16H2,1-2H3,(H,24,27)(H,25,28)/t18-/m1/s1. The van der Waals surface area contributed by atoms with E-state index in [2.05, 4.69) is 10.6 Å². The predicted molar refractivity (Wildman–Crippen MR) is 112 cm³/mol. The summed E-state index contributed by atoms with van der Waals surface area (Å²) in [5, 5.41) is 6.03. The molecule has 2 aromatic rings. The fourth-order valence-electron chi connectivity index (χ4n) is 3.57. The number of rotatable bonds is 5. The van der Waals surface area contributed by atoms with Crippen LogP contribution in [-0.2, 0) is 4.79 Å². The number of piperidine rings is 1. The van der Waals surface area contributed by atoms with Crippen molar-refractivity contribution in [3.8, 4) is 0 Å². The average Bonchev–Trinajstić information content (AvgIpc) is 2.71. The average molecular weight is 380 g/mol. The van der Waals surface area contributed by atoms with E-state index >= 15 is 0 Å². The molecule has 1 fully saturated rings. The van der Waals surface area contributed by atoms with Crippen molar-refractivity contribution >= 4 is 17.6 Å². The van der Waals surface area contributed by atoms with Crippen LogP contribution in [0.1, 0.15) is 43.4 Å². The van der Waals surface area contributed by atoms with Crippen molar-refractivity contribution in [2.75, 3.05) is 18.4 Å². The number of anilines is 1. The van der Waals surface area contributed by atoms with E-state index < -0.39 is 0 Å². The number of hydrogen-bond donors (Lipinski definition) is 2. The summed E-state index contributed by atoms with van der Waals surface area (Å²) >= 11 is 0. The molecule has 2 N–H and O–H groups in total. The number of carbonyl (C=O) groups excluding carboxylic acids is 2. The molecular weight excluding hydrogens is 350 g/mol. The highest BCUT2D eigenvalue weighted by molar-refractivity contribution is 5.89. The maximum atomic E-state index is 12.4. The molecule has 0 saturated carbocycles. The van der Waals surface area contributed by atoms with E-state index in [0.29, 0.717) is 25.4 Å². The molecule has 2 aromatic carbocycles. The summed E-state index contributed by atoms with van der Waals surface area (Å²) in [6.45, 7) is 5.39. The summed E-state index contributed by atoms with van der Waals surface area (Å²) in [6, 6.07) is 17.7. The minimum absolute atomic E-state index is 0.00840. The number of amides is 3. The Bertz CT molecular complexity index is 781. The highest BCUT2D eigenvalue weighted by atomic mass is 16.2. The number of nitrogens with one attached hydrogen (secondary N) is 2. The summed E-state index contributed by atoms with van der Waals surface area (Å²) < 4.78 is 0. The molecule has 1 aliphatic heterocycles. The molecule has 0 aliphatic carbocycles. The van der Waals surface area contributed by atoms with Crippen LogP contribution < -0.4 is 10.6 Å².